The summed E-state index contributed by atoms with van der Waals surface area (Å²) in [7, 11) is 0. The topological polar surface area (TPSA) is 54.9 Å². The third kappa shape index (κ3) is 6.02. The molecule has 4 nitrogen and oxygen atoms in total. The molecule has 0 bridgehead atoms. The second-order valence-corrected chi connectivity index (χ2v) is 6.29. The molecule has 0 saturated heterocycles. The molecule has 0 fully saturated rings. The summed E-state index contributed by atoms with van der Waals surface area (Å²) < 4.78 is 0. The van der Waals surface area contributed by atoms with Crippen molar-refractivity contribution in [3.63, 3.8) is 0 Å². The molecule has 0 aliphatic rings. The quantitative estimate of drug-likeness (QED) is 0.776. The lowest BCUT2D eigenvalue weighted by atomic mass is 10.1. The van der Waals surface area contributed by atoms with E-state index in [1.54, 1.807) is 11.8 Å². The van der Waals surface area contributed by atoms with Crippen LogP contribution in [0.2, 0.25) is 0 Å². The Hall–Kier alpha value is -0.620. The molecule has 0 atom stereocenters. The van der Waals surface area contributed by atoms with Gasteiger partial charge in [0, 0.05) is 12.8 Å². The minimum Gasteiger partial charge on any atom is -0.301 e. The zero-order valence-corrected chi connectivity index (χ0v) is 12.2. The van der Waals surface area contributed by atoms with Gasteiger partial charge in [-0.1, -0.05) is 25.2 Å². The zero-order valence-electron chi connectivity index (χ0n) is 10.5. The van der Waals surface area contributed by atoms with Gasteiger partial charge in [0.2, 0.25) is 11.0 Å². The Bertz CT molecular complexity index is 352. The van der Waals surface area contributed by atoms with Gasteiger partial charge in [-0.15, -0.1) is 10.2 Å². The van der Waals surface area contributed by atoms with Gasteiger partial charge < -0.3 is 5.32 Å². The Morgan fingerprint density at radius 1 is 1.47 bits per heavy atom. The van der Waals surface area contributed by atoms with E-state index in [1.807, 2.05) is 6.26 Å². The van der Waals surface area contributed by atoms with Crippen LogP contribution >= 0.6 is 23.1 Å². The standard InChI is InChI=1S/C11H19N3OS2/c1-8(2)7-10-13-14-11(17-10)12-9(15)5-4-6-16-3/h8H,4-7H2,1-3H3,(H,12,14,15). The van der Waals surface area contributed by atoms with Crippen LogP contribution in [-0.2, 0) is 11.2 Å². The minimum absolute atomic E-state index is 0.0336. The van der Waals surface area contributed by atoms with E-state index < -0.39 is 0 Å². The van der Waals surface area contributed by atoms with Gasteiger partial charge in [-0.05, 0) is 24.3 Å². The van der Waals surface area contributed by atoms with E-state index in [-0.39, 0.29) is 5.91 Å². The summed E-state index contributed by atoms with van der Waals surface area (Å²) >= 11 is 3.22. The normalized spacial score (nSPS) is 10.8. The Balaban J connectivity index is 2.35. The van der Waals surface area contributed by atoms with E-state index >= 15 is 0 Å². The van der Waals surface area contributed by atoms with Crippen LogP contribution in [0.3, 0.4) is 0 Å². The number of anilines is 1. The summed E-state index contributed by atoms with van der Waals surface area (Å²) in [6.45, 7) is 4.28. The van der Waals surface area contributed by atoms with Gasteiger partial charge in [-0.3, -0.25) is 4.79 Å². The first-order valence-corrected chi connectivity index (χ1v) is 7.94. The van der Waals surface area contributed by atoms with Gasteiger partial charge in [0.05, 0.1) is 0 Å². The predicted molar refractivity (Wildman–Crippen MR) is 74.7 cm³/mol. The van der Waals surface area contributed by atoms with E-state index in [2.05, 4.69) is 29.4 Å². The maximum atomic E-state index is 11.5. The fourth-order valence-corrected chi connectivity index (χ4v) is 2.70. The SMILES string of the molecule is CSCCCC(=O)Nc1nnc(CC(C)C)s1. The molecule has 0 saturated carbocycles. The summed E-state index contributed by atoms with van der Waals surface area (Å²) in [4.78, 5) is 11.5. The summed E-state index contributed by atoms with van der Waals surface area (Å²) in [6, 6.07) is 0. The van der Waals surface area contributed by atoms with Gasteiger partial charge in [0.25, 0.3) is 0 Å². The van der Waals surface area contributed by atoms with Crippen molar-refractivity contribution in [2.24, 2.45) is 5.92 Å². The lowest BCUT2D eigenvalue weighted by molar-refractivity contribution is -0.116. The number of aromatic nitrogens is 2. The van der Waals surface area contributed by atoms with Gasteiger partial charge >= 0.3 is 0 Å². The number of nitrogens with one attached hydrogen (secondary N) is 1. The van der Waals surface area contributed by atoms with Crippen LogP contribution in [0.15, 0.2) is 0 Å². The molecular formula is C11H19N3OS2. The van der Waals surface area contributed by atoms with Crippen LogP contribution < -0.4 is 5.32 Å². The van der Waals surface area contributed by atoms with Crippen molar-refractivity contribution in [2.45, 2.75) is 33.1 Å². The molecule has 0 unspecified atom stereocenters. The number of carbonyl (C=O) groups is 1. The van der Waals surface area contributed by atoms with E-state index in [9.17, 15) is 4.79 Å². The van der Waals surface area contributed by atoms with Gasteiger partial charge in [-0.25, -0.2) is 0 Å². The predicted octanol–water partition coefficient (Wildman–Crippen LogP) is 2.82. The molecule has 17 heavy (non-hydrogen) atoms. The van der Waals surface area contributed by atoms with Crippen LogP contribution in [0.4, 0.5) is 5.13 Å². The highest BCUT2D eigenvalue weighted by Crippen LogP contribution is 2.18. The Morgan fingerprint density at radius 3 is 2.88 bits per heavy atom. The molecule has 1 amide bonds. The lowest BCUT2D eigenvalue weighted by Gasteiger charge is -2.00. The number of hydrogen-bond donors (Lipinski definition) is 1. The van der Waals surface area contributed by atoms with Crippen molar-refractivity contribution in [3.8, 4) is 0 Å². The molecule has 0 radical (unpaired) electrons. The fourth-order valence-electron chi connectivity index (χ4n) is 1.29. The minimum atomic E-state index is 0.0336. The summed E-state index contributed by atoms with van der Waals surface area (Å²) in [5.41, 5.74) is 0. The largest absolute Gasteiger partial charge is 0.301 e. The number of hydrogen-bond acceptors (Lipinski definition) is 5. The molecule has 1 heterocycles. The molecule has 96 valence electrons. The lowest BCUT2D eigenvalue weighted by Crippen LogP contribution is -2.11. The van der Waals surface area contributed by atoms with Crippen molar-refractivity contribution in [1.29, 1.82) is 0 Å². The Kier molecular flexibility index (Phi) is 6.50. The van der Waals surface area contributed by atoms with E-state index in [4.69, 9.17) is 0 Å². The molecule has 1 N–H and O–H groups in total. The second-order valence-electron chi connectivity index (χ2n) is 4.24. The molecule has 0 aliphatic heterocycles. The number of rotatable bonds is 7. The molecule has 1 aromatic rings. The highest BCUT2D eigenvalue weighted by molar-refractivity contribution is 7.98. The first-order valence-electron chi connectivity index (χ1n) is 5.73. The Morgan fingerprint density at radius 2 is 2.24 bits per heavy atom. The van der Waals surface area contributed by atoms with Crippen LogP contribution in [0, 0.1) is 5.92 Å². The summed E-state index contributed by atoms with van der Waals surface area (Å²) in [5.74, 6) is 1.61. The number of amides is 1. The van der Waals surface area contributed by atoms with Crippen molar-refractivity contribution in [1.82, 2.24) is 10.2 Å². The molecule has 0 aliphatic carbocycles. The molecule has 0 aromatic carbocycles. The van der Waals surface area contributed by atoms with Crippen LogP contribution in [-0.4, -0.2) is 28.1 Å². The second kappa shape index (κ2) is 7.66. The highest BCUT2D eigenvalue weighted by atomic mass is 32.2. The van der Waals surface area contributed by atoms with E-state index in [1.165, 1.54) is 11.3 Å². The first kappa shape index (κ1) is 14.4. The van der Waals surface area contributed by atoms with Crippen LogP contribution in [0.5, 0.6) is 0 Å². The van der Waals surface area contributed by atoms with E-state index in [0.29, 0.717) is 17.5 Å². The molecule has 1 rings (SSSR count). The average molecular weight is 273 g/mol. The smallest absolute Gasteiger partial charge is 0.226 e. The fraction of sp³-hybridized carbons (Fsp3) is 0.727. The number of nitrogens with zero attached hydrogens (tertiary/aromatic N) is 2. The average Bonchev–Trinajstić information content (AvgIpc) is 2.64. The third-order valence-corrected chi connectivity index (χ3v) is 3.61. The van der Waals surface area contributed by atoms with Crippen molar-refractivity contribution >= 4 is 34.1 Å². The molecule has 6 heteroatoms. The van der Waals surface area contributed by atoms with Gasteiger partial charge in [0.1, 0.15) is 5.01 Å². The zero-order chi connectivity index (χ0) is 12.7. The molecule has 1 aromatic heterocycles. The van der Waals surface area contributed by atoms with Crippen molar-refractivity contribution in [3.05, 3.63) is 5.01 Å². The molecule has 0 spiro atoms. The van der Waals surface area contributed by atoms with Crippen LogP contribution in [0.25, 0.3) is 0 Å². The summed E-state index contributed by atoms with van der Waals surface area (Å²) in [6.07, 6.45) is 4.42. The first-order chi connectivity index (χ1) is 8.11. The van der Waals surface area contributed by atoms with Gasteiger partial charge in [0.15, 0.2) is 0 Å². The highest BCUT2D eigenvalue weighted by Gasteiger charge is 2.08. The Labute approximate surface area is 111 Å². The number of thioether (sulfide) groups is 1. The summed E-state index contributed by atoms with van der Waals surface area (Å²) in [5, 5.41) is 12.4. The maximum absolute atomic E-state index is 11.5. The van der Waals surface area contributed by atoms with E-state index in [0.717, 1.165) is 23.6 Å². The third-order valence-electron chi connectivity index (χ3n) is 2.05. The monoisotopic (exact) mass is 273 g/mol. The molecular weight excluding hydrogens is 254 g/mol. The maximum Gasteiger partial charge on any atom is 0.226 e. The number of carbonyl (C=O) groups excluding carboxylic acids is 1. The van der Waals surface area contributed by atoms with Crippen molar-refractivity contribution in [2.75, 3.05) is 17.3 Å². The van der Waals surface area contributed by atoms with Crippen LogP contribution in [0.1, 0.15) is 31.7 Å². The van der Waals surface area contributed by atoms with Crippen molar-refractivity contribution < 1.29 is 4.79 Å². The van der Waals surface area contributed by atoms with Gasteiger partial charge in [-0.2, -0.15) is 11.8 Å².